The Kier molecular flexibility index (Phi) is 7.95. The first-order valence-electron chi connectivity index (χ1n) is 9.12. The molecule has 2 rings (SSSR count). The van der Waals surface area contributed by atoms with E-state index in [9.17, 15) is 18.0 Å². The van der Waals surface area contributed by atoms with Gasteiger partial charge in [0.15, 0.2) is 17.2 Å². The summed E-state index contributed by atoms with van der Waals surface area (Å²) in [7, 11) is 0. The lowest BCUT2D eigenvalue weighted by Gasteiger charge is -2.13. The molecule has 1 aromatic heterocycles. The molecule has 0 unspecified atom stereocenters. The van der Waals surface area contributed by atoms with Crippen LogP contribution in [-0.4, -0.2) is 28.9 Å². The van der Waals surface area contributed by atoms with E-state index < -0.39 is 11.9 Å². The van der Waals surface area contributed by atoms with Crippen molar-refractivity contribution in [1.29, 1.82) is 0 Å². The van der Waals surface area contributed by atoms with Gasteiger partial charge in [-0.2, -0.15) is 18.3 Å². The van der Waals surface area contributed by atoms with Crippen LogP contribution >= 0.6 is 15.9 Å². The second-order valence-electron chi connectivity index (χ2n) is 6.14. The third kappa shape index (κ3) is 6.12. The van der Waals surface area contributed by atoms with E-state index >= 15 is 0 Å². The van der Waals surface area contributed by atoms with Gasteiger partial charge in [-0.25, -0.2) is 0 Å². The number of hydrogen-bond acceptors (Lipinski definition) is 4. The van der Waals surface area contributed by atoms with Crippen LogP contribution in [0.1, 0.15) is 37.2 Å². The number of nitrogens with zero attached hydrogens (tertiary/aromatic N) is 2. The number of rotatable bonds is 9. The molecule has 0 saturated carbocycles. The molecule has 1 N–H and O–H groups in total. The molecule has 0 atom stereocenters. The quantitative estimate of drug-likeness (QED) is 0.578. The van der Waals surface area contributed by atoms with Crippen LogP contribution in [0.2, 0.25) is 0 Å². The zero-order valence-corrected chi connectivity index (χ0v) is 18.0. The van der Waals surface area contributed by atoms with Gasteiger partial charge in [0.1, 0.15) is 0 Å². The molecule has 1 aromatic carbocycles. The monoisotopic (exact) mass is 477 g/mol. The van der Waals surface area contributed by atoms with Crippen molar-refractivity contribution in [3.8, 4) is 11.5 Å². The van der Waals surface area contributed by atoms with Gasteiger partial charge in [0.05, 0.1) is 29.9 Å². The first-order chi connectivity index (χ1) is 13.7. The number of carbonyl (C=O) groups excluding carboxylic acids is 1. The smallest absolute Gasteiger partial charge is 0.436 e. The first kappa shape index (κ1) is 23.1. The summed E-state index contributed by atoms with van der Waals surface area (Å²) in [6.45, 7) is 6.55. The van der Waals surface area contributed by atoms with Crippen LogP contribution in [0.3, 0.4) is 0 Å². The topological polar surface area (TPSA) is 65.4 Å². The summed E-state index contributed by atoms with van der Waals surface area (Å²) in [6.07, 6.45) is -4.55. The van der Waals surface area contributed by atoms with Crippen LogP contribution in [0, 0.1) is 6.92 Å². The molecule has 160 valence electrons. The number of carbonyl (C=O) groups is 1. The number of amides is 1. The van der Waals surface area contributed by atoms with Crippen molar-refractivity contribution in [2.24, 2.45) is 0 Å². The summed E-state index contributed by atoms with van der Waals surface area (Å²) in [6, 6.07) is 5.39. The van der Waals surface area contributed by atoms with Crippen LogP contribution in [0.5, 0.6) is 11.5 Å². The van der Waals surface area contributed by atoms with E-state index in [-0.39, 0.29) is 29.9 Å². The van der Waals surface area contributed by atoms with Gasteiger partial charge in [0.2, 0.25) is 5.91 Å². The second kappa shape index (κ2) is 10.00. The van der Waals surface area contributed by atoms with Crippen molar-refractivity contribution in [2.45, 2.75) is 46.5 Å². The highest BCUT2D eigenvalue weighted by Crippen LogP contribution is 2.35. The Morgan fingerprint density at radius 2 is 1.86 bits per heavy atom. The van der Waals surface area contributed by atoms with E-state index in [0.29, 0.717) is 30.4 Å². The van der Waals surface area contributed by atoms with E-state index in [1.807, 2.05) is 19.9 Å². The van der Waals surface area contributed by atoms with Crippen LogP contribution < -0.4 is 14.8 Å². The Labute approximate surface area is 175 Å². The van der Waals surface area contributed by atoms with Gasteiger partial charge in [0, 0.05) is 13.0 Å². The molecule has 0 radical (unpaired) electrons. The average molecular weight is 478 g/mol. The summed E-state index contributed by atoms with van der Waals surface area (Å²) < 4.78 is 50.8. The molecule has 0 spiro atoms. The van der Waals surface area contributed by atoms with Gasteiger partial charge < -0.3 is 14.8 Å². The normalized spacial score (nSPS) is 11.4. The zero-order chi connectivity index (χ0) is 21.6. The number of hydrogen-bond donors (Lipinski definition) is 1. The molecular formula is C19H23BrF3N3O3. The number of benzene rings is 1. The van der Waals surface area contributed by atoms with Crippen molar-refractivity contribution in [2.75, 3.05) is 13.2 Å². The van der Waals surface area contributed by atoms with Gasteiger partial charge in [-0.1, -0.05) is 6.07 Å². The Morgan fingerprint density at radius 1 is 1.21 bits per heavy atom. The van der Waals surface area contributed by atoms with Crippen LogP contribution in [0.15, 0.2) is 22.7 Å². The lowest BCUT2D eigenvalue weighted by Crippen LogP contribution is -2.24. The van der Waals surface area contributed by atoms with E-state index in [4.69, 9.17) is 9.47 Å². The number of aryl methyl sites for hydroxylation is 1. The minimum absolute atomic E-state index is 0.00159. The molecule has 0 aliphatic heterocycles. The second-order valence-corrected chi connectivity index (χ2v) is 6.94. The largest absolute Gasteiger partial charge is 0.490 e. The van der Waals surface area contributed by atoms with E-state index in [2.05, 4.69) is 26.3 Å². The third-order valence-corrected chi connectivity index (χ3v) is 5.00. The van der Waals surface area contributed by atoms with Crippen molar-refractivity contribution in [3.63, 3.8) is 0 Å². The molecular weight excluding hydrogens is 455 g/mol. The van der Waals surface area contributed by atoms with Crippen molar-refractivity contribution < 1.29 is 27.4 Å². The Balaban J connectivity index is 1.95. The molecule has 2 aromatic rings. The minimum atomic E-state index is -4.55. The molecule has 6 nitrogen and oxygen atoms in total. The average Bonchev–Trinajstić information content (AvgIpc) is 2.95. The molecule has 0 fully saturated rings. The zero-order valence-electron chi connectivity index (χ0n) is 16.4. The Bertz CT molecular complexity index is 853. The first-order valence-corrected chi connectivity index (χ1v) is 9.91. The van der Waals surface area contributed by atoms with Crippen LogP contribution in [0.25, 0.3) is 0 Å². The molecule has 1 amide bonds. The van der Waals surface area contributed by atoms with E-state index in [1.54, 1.807) is 12.1 Å². The van der Waals surface area contributed by atoms with Crippen LogP contribution in [0.4, 0.5) is 13.2 Å². The maximum atomic E-state index is 12.9. The molecule has 10 heteroatoms. The Morgan fingerprint density at radius 3 is 2.45 bits per heavy atom. The predicted octanol–water partition coefficient (Wildman–Crippen LogP) is 4.48. The summed E-state index contributed by atoms with van der Waals surface area (Å²) in [4.78, 5) is 12.1. The molecule has 0 bridgehead atoms. The van der Waals surface area contributed by atoms with Gasteiger partial charge in [-0.3, -0.25) is 9.48 Å². The van der Waals surface area contributed by atoms with Crippen molar-refractivity contribution in [3.05, 3.63) is 39.6 Å². The summed E-state index contributed by atoms with van der Waals surface area (Å²) in [5, 5.41) is 6.32. The van der Waals surface area contributed by atoms with E-state index in [1.165, 1.54) is 11.6 Å². The number of nitrogens with one attached hydrogen (secondary N) is 1. The molecule has 0 aliphatic carbocycles. The highest BCUT2D eigenvalue weighted by molar-refractivity contribution is 9.10. The van der Waals surface area contributed by atoms with Gasteiger partial charge in [-0.05, 0) is 54.4 Å². The fraction of sp³-hybridized carbons (Fsp3) is 0.474. The highest BCUT2D eigenvalue weighted by atomic mass is 79.9. The van der Waals surface area contributed by atoms with Crippen molar-refractivity contribution in [1.82, 2.24) is 15.1 Å². The number of ether oxygens (including phenoxy) is 2. The maximum absolute atomic E-state index is 12.9. The fourth-order valence-electron chi connectivity index (χ4n) is 2.63. The van der Waals surface area contributed by atoms with Crippen molar-refractivity contribution >= 4 is 21.8 Å². The summed E-state index contributed by atoms with van der Waals surface area (Å²) in [5.41, 5.74) is 0.147. The standard InChI is InChI=1S/C19H23BrF3N3O3/c1-4-28-14-7-6-13(10-15(14)29-5-2)11-24-16(27)8-9-26-12(3)17(20)18(25-26)19(21,22)23/h6-7,10H,4-5,8-9,11H2,1-3H3,(H,24,27). The molecule has 0 aliphatic rings. The number of halogens is 4. The van der Waals surface area contributed by atoms with E-state index in [0.717, 1.165) is 5.56 Å². The maximum Gasteiger partial charge on any atom is 0.436 e. The van der Waals surface area contributed by atoms with Gasteiger partial charge in [0.25, 0.3) is 0 Å². The number of aromatic nitrogens is 2. The minimum Gasteiger partial charge on any atom is -0.490 e. The highest BCUT2D eigenvalue weighted by Gasteiger charge is 2.37. The summed E-state index contributed by atoms with van der Waals surface area (Å²) >= 11 is 2.92. The lowest BCUT2D eigenvalue weighted by atomic mass is 10.2. The van der Waals surface area contributed by atoms with Crippen LogP contribution in [-0.2, 0) is 24.1 Å². The summed E-state index contributed by atoms with van der Waals surface area (Å²) in [5.74, 6) is 0.929. The Hall–Kier alpha value is -2.23. The number of alkyl halides is 3. The molecule has 1 heterocycles. The lowest BCUT2D eigenvalue weighted by molar-refractivity contribution is -0.142. The predicted molar refractivity (Wildman–Crippen MR) is 105 cm³/mol. The fourth-order valence-corrected chi connectivity index (χ4v) is 3.13. The van der Waals surface area contributed by atoms with Gasteiger partial charge in [-0.15, -0.1) is 0 Å². The third-order valence-electron chi connectivity index (χ3n) is 4.05. The molecule has 0 saturated heterocycles. The van der Waals surface area contributed by atoms with Gasteiger partial charge >= 0.3 is 6.18 Å². The SMILES string of the molecule is CCOc1ccc(CNC(=O)CCn2nc(C(F)(F)F)c(Br)c2C)cc1OCC. The molecule has 29 heavy (non-hydrogen) atoms.